The van der Waals surface area contributed by atoms with Gasteiger partial charge in [0.15, 0.2) is 0 Å². The van der Waals surface area contributed by atoms with Crippen LogP contribution in [0, 0.1) is 0 Å². The second-order valence-electron chi connectivity index (χ2n) is 5.14. The van der Waals surface area contributed by atoms with Crippen LogP contribution >= 0.6 is 0 Å². The molecular formula is C15H13BN4O2. The van der Waals surface area contributed by atoms with Gasteiger partial charge in [-0.2, -0.15) is 5.21 Å². The van der Waals surface area contributed by atoms with Crippen molar-refractivity contribution in [3.63, 3.8) is 0 Å². The second kappa shape index (κ2) is 5.27. The molecule has 0 saturated heterocycles. The molecule has 0 amide bonds. The van der Waals surface area contributed by atoms with Gasteiger partial charge in [0.1, 0.15) is 11.5 Å². The lowest BCUT2D eigenvalue weighted by molar-refractivity contribution is 0.333. The minimum Gasteiger partial charge on any atom is -0.458 e. The minimum atomic E-state index is 0.0600. The van der Waals surface area contributed by atoms with Gasteiger partial charge in [-0.25, -0.2) is 0 Å². The Morgan fingerprint density at radius 1 is 1.18 bits per heavy atom. The SMILES string of the molecule is CB1OCc2cccc(Oc3ccc(-c4nn[nH]n4)cc3)c21. The van der Waals surface area contributed by atoms with Gasteiger partial charge in [-0.1, -0.05) is 19.0 Å². The van der Waals surface area contributed by atoms with Crippen molar-refractivity contribution in [2.75, 3.05) is 0 Å². The monoisotopic (exact) mass is 292 g/mol. The van der Waals surface area contributed by atoms with Crippen molar-refractivity contribution in [2.24, 2.45) is 0 Å². The zero-order valence-electron chi connectivity index (χ0n) is 12.0. The van der Waals surface area contributed by atoms with E-state index in [9.17, 15) is 0 Å². The van der Waals surface area contributed by atoms with Gasteiger partial charge in [-0.15, -0.1) is 10.2 Å². The summed E-state index contributed by atoms with van der Waals surface area (Å²) in [4.78, 5) is 0. The Bertz CT molecular complexity index is 790. The first-order chi connectivity index (χ1) is 10.8. The van der Waals surface area contributed by atoms with E-state index in [0.717, 1.165) is 22.5 Å². The number of nitrogens with zero attached hydrogens (tertiary/aromatic N) is 3. The molecule has 0 unspecified atom stereocenters. The maximum absolute atomic E-state index is 6.02. The molecule has 4 rings (SSSR count). The van der Waals surface area contributed by atoms with E-state index in [4.69, 9.17) is 9.39 Å². The number of nitrogens with one attached hydrogen (secondary N) is 1. The van der Waals surface area contributed by atoms with Crippen LogP contribution in [0.15, 0.2) is 42.5 Å². The number of tetrazole rings is 1. The molecule has 0 spiro atoms. The van der Waals surface area contributed by atoms with Gasteiger partial charge in [-0.3, -0.25) is 0 Å². The quantitative estimate of drug-likeness (QED) is 0.748. The summed E-state index contributed by atoms with van der Waals surface area (Å²) in [5, 5.41) is 13.9. The standard InChI is InChI=1S/C15H13BN4O2/c1-16-14-11(9-21-16)3-2-4-13(14)22-12-7-5-10(6-8-12)15-17-19-20-18-15/h2-8H,9H2,1H3,(H,17,18,19,20). The predicted molar refractivity (Wildman–Crippen MR) is 82.2 cm³/mol. The van der Waals surface area contributed by atoms with Crippen LogP contribution in [0.2, 0.25) is 6.82 Å². The van der Waals surface area contributed by atoms with Crippen molar-refractivity contribution >= 4 is 12.4 Å². The predicted octanol–water partition coefficient (Wildman–Crippen LogP) is 2.02. The van der Waals surface area contributed by atoms with Crippen LogP contribution in [0.25, 0.3) is 11.4 Å². The number of H-pyrrole nitrogens is 1. The van der Waals surface area contributed by atoms with Gasteiger partial charge in [0.2, 0.25) is 5.82 Å². The third kappa shape index (κ3) is 2.25. The summed E-state index contributed by atoms with van der Waals surface area (Å²) in [5.41, 5.74) is 3.20. The molecule has 0 aliphatic carbocycles. The van der Waals surface area contributed by atoms with Crippen LogP contribution in [0.4, 0.5) is 0 Å². The molecule has 22 heavy (non-hydrogen) atoms. The first-order valence-corrected chi connectivity index (χ1v) is 7.06. The minimum absolute atomic E-state index is 0.0600. The van der Waals surface area contributed by atoms with E-state index >= 15 is 0 Å². The summed E-state index contributed by atoms with van der Waals surface area (Å²) in [5.74, 6) is 2.17. The Labute approximate surface area is 127 Å². The highest BCUT2D eigenvalue weighted by atomic mass is 16.5. The summed E-state index contributed by atoms with van der Waals surface area (Å²) in [6, 6.07) is 13.6. The van der Waals surface area contributed by atoms with E-state index in [1.54, 1.807) is 0 Å². The fourth-order valence-electron chi connectivity index (χ4n) is 2.65. The third-order valence-electron chi connectivity index (χ3n) is 3.74. The van der Waals surface area contributed by atoms with Crippen LogP contribution in [-0.2, 0) is 11.3 Å². The summed E-state index contributed by atoms with van der Waals surface area (Å²) in [6.07, 6.45) is 0. The van der Waals surface area contributed by atoms with Crippen molar-refractivity contribution in [3.05, 3.63) is 48.0 Å². The highest BCUT2D eigenvalue weighted by molar-refractivity contribution is 6.68. The smallest absolute Gasteiger partial charge is 0.328 e. The number of hydrogen-bond donors (Lipinski definition) is 1. The molecular weight excluding hydrogens is 279 g/mol. The summed E-state index contributed by atoms with van der Waals surface area (Å²) in [6.45, 7) is 2.74. The number of fused-ring (bicyclic) bond motifs is 1. The number of rotatable bonds is 3. The fraction of sp³-hybridized carbons (Fsp3) is 0.133. The largest absolute Gasteiger partial charge is 0.458 e. The molecule has 0 fully saturated rings. The fourth-order valence-corrected chi connectivity index (χ4v) is 2.65. The van der Waals surface area contributed by atoms with Crippen LogP contribution < -0.4 is 10.2 Å². The lowest BCUT2D eigenvalue weighted by Crippen LogP contribution is -2.25. The van der Waals surface area contributed by atoms with Gasteiger partial charge < -0.3 is 9.39 Å². The summed E-state index contributed by atoms with van der Waals surface area (Å²) >= 11 is 0. The van der Waals surface area contributed by atoms with Gasteiger partial charge in [-0.05, 0) is 46.6 Å². The maximum atomic E-state index is 6.02. The zero-order chi connectivity index (χ0) is 14.9. The van der Waals surface area contributed by atoms with Crippen LogP contribution in [0.1, 0.15) is 5.56 Å². The Hall–Kier alpha value is -2.67. The molecule has 1 aromatic heterocycles. The third-order valence-corrected chi connectivity index (χ3v) is 3.74. The Morgan fingerprint density at radius 2 is 2.05 bits per heavy atom. The van der Waals surface area contributed by atoms with E-state index < -0.39 is 0 Å². The highest BCUT2D eigenvalue weighted by Crippen LogP contribution is 2.26. The van der Waals surface area contributed by atoms with Crippen molar-refractivity contribution in [1.29, 1.82) is 0 Å². The Morgan fingerprint density at radius 3 is 2.82 bits per heavy atom. The molecule has 1 N–H and O–H groups in total. The van der Waals surface area contributed by atoms with Crippen molar-refractivity contribution in [3.8, 4) is 22.9 Å². The zero-order valence-corrected chi connectivity index (χ0v) is 12.0. The Balaban J connectivity index is 1.61. The summed E-state index contributed by atoms with van der Waals surface area (Å²) in [7, 11) is 0. The number of hydrogen-bond acceptors (Lipinski definition) is 5. The second-order valence-corrected chi connectivity index (χ2v) is 5.14. The van der Waals surface area contributed by atoms with Crippen LogP contribution in [-0.4, -0.2) is 27.5 Å². The number of aromatic amines is 1. The van der Waals surface area contributed by atoms with E-state index in [1.807, 2.05) is 43.2 Å². The average molecular weight is 292 g/mol. The first-order valence-electron chi connectivity index (χ1n) is 7.06. The van der Waals surface area contributed by atoms with Crippen LogP contribution in [0.5, 0.6) is 11.5 Å². The highest BCUT2D eigenvalue weighted by Gasteiger charge is 2.27. The number of benzene rings is 2. The molecule has 1 aliphatic rings. The molecule has 2 aromatic carbocycles. The van der Waals surface area contributed by atoms with Gasteiger partial charge in [0, 0.05) is 5.56 Å². The Kier molecular flexibility index (Phi) is 3.12. The molecule has 0 atom stereocenters. The van der Waals surface area contributed by atoms with Gasteiger partial charge >= 0.3 is 6.92 Å². The lowest BCUT2D eigenvalue weighted by Gasteiger charge is -2.11. The molecule has 0 saturated carbocycles. The number of ether oxygens (including phenoxy) is 1. The van der Waals surface area contributed by atoms with Crippen molar-refractivity contribution in [1.82, 2.24) is 20.6 Å². The first kappa shape index (κ1) is 13.0. The van der Waals surface area contributed by atoms with E-state index in [1.165, 1.54) is 5.56 Å². The van der Waals surface area contributed by atoms with Gasteiger partial charge in [0.05, 0.1) is 6.61 Å². The van der Waals surface area contributed by atoms with E-state index in [-0.39, 0.29) is 6.92 Å². The summed E-state index contributed by atoms with van der Waals surface area (Å²) < 4.78 is 11.7. The van der Waals surface area contributed by atoms with Crippen molar-refractivity contribution < 1.29 is 9.39 Å². The van der Waals surface area contributed by atoms with E-state index in [2.05, 4.69) is 26.7 Å². The lowest BCUT2D eigenvalue weighted by atomic mass is 9.64. The maximum Gasteiger partial charge on any atom is 0.328 e. The topological polar surface area (TPSA) is 72.9 Å². The molecule has 7 heteroatoms. The average Bonchev–Trinajstić information content (AvgIpc) is 3.19. The van der Waals surface area contributed by atoms with Crippen molar-refractivity contribution in [2.45, 2.75) is 13.4 Å². The normalized spacial score (nSPS) is 13.2. The molecule has 0 radical (unpaired) electrons. The number of aromatic nitrogens is 4. The molecule has 3 aromatic rings. The van der Waals surface area contributed by atoms with Crippen LogP contribution in [0.3, 0.4) is 0 Å². The van der Waals surface area contributed by atoms with Gasteiger partial charge in [0.25, 0.3) is 0 Å². The molecule has 2 heterocycles. The molecule has 6 nitrogen and oxygen atoms in total. The van der Waals surface area contributed by atoms with E-state index in [0.29, 0.717) is 12.4 Å². The molecule has 1 aliphatic heterocycles. The molecule has 108 valence electrons. The molecule has 0 bridgehead atoms.